The fourth-order valence-electron chi connectivity index (χ4n) is 4.27. The Hall–Kier alpha value is -0.340. The quantitative estimate of drug-likeness (QED) is 0.606. The number of rotatable bonds is 5. The van der Waals surface area contributed by atoms with Crippen LogP contribution in [-0.4, -0.2) is 24.4 Å². The van der Waals surface area contributed by atoms with E-state index in [1.807, 2.05) is 0 Å². The minimum atomic E-state index is -0.0502. The van der Waals surface area contributed by atoms with Crippen molar-refractivity contribution in [1.29, 1.82) is 0 Å². The van der Waals surface area contributed by atoms with Crippen LogP contribution in [0.15, 0.2) is 11.6 Å². The SMILES string of the molecule is CCCCC[C@@H]1OC[C@@]2(CO)[C@H](C)C=C(C)[C@H]1[C@@H]2C. The van der Waals surface area contributed by atoms with Crippen molar-refractivity contribution in [3.8, 4) is 0 Å². The van der Waals surface area contributed by atoms with Crippen molar-refractivity contribution in [2.45, 2.75) is 59.5 Å². The van der Waals surface area contributed by atoms with E-state index in [9.17, 15) is 5.11 Å². The Morgan fingerprint density at radius 2 is 2.11 bits per heavy atom. The Bertz CT molecular complexity index is 336. The molecule has 2 aliphatic rings. The lowest BCUT2D eigenvalue weighted by Crippen LogP contribution is -2.56. The summed E-state index contributed by atoms with van der Waals surface area (Å²) in [5.74, 6) is 1.45. The normalized spacial score (nSPS) is 42.1. The molecule has 1 heterocycles. The lowest BCUT2D eigenvalue weighted by atomic mass is 9.56. The van der Waals surface area contributed by atoms with Gasteiger partial charge in [0, 0.05) is 11.3 Å². The van der Waals surface area contributed by atoms with E-state index in [0.717, 1.165) is 6.61 Å². The molecule has 0 aromatic rings. The molecule has 110 valence electrons. The van der Waals surface area contributed by atoms with Crippen LogP contribution in [0.3, 0.4) is 0 Å². The largest absolute Gasteiger partial charge is 0.396 e. The molecule has 2 heteroatoms. The highest BCUT2D eigenvalue weighted by Gasteiger charge is 2.52. The van der Waals surface area contributed by atoms with Crippen molar-refractivity contribution < 1.29 is 9.84 Å². The molecule has 1 aliphatic carbocycles. The minimum Gasteiger partial charge on any atom is -0.396 e. The van der Waals surface area contributed by atoms with Gasteiger partial charge in [-0.05, 0) is 25.2 Å². The van der Waals surface area contributed by atoms with Gasteiger partial charge in [-0.1, -0.05) is 51.7 Å². The summed E-state index contributed by atoms with van der Waals surface area (Å²) < 4.78 is 6.20. The second kappa shape index (κ2) is 5.97. The molecule has 1 N–H and O–H groups in total. The summed E-state index contributed by atoms with van der Waals surface area (Å²) in [6, 6.07) is 0. The van der Waals surface area contributed by atoms with E-state index < -0.39 is 0 Å². The average Bonchev–Trinajstić information content (AvgIpc) is 2.38. The van der Waals surface area contributed by atoms with Gasteiger partial charge in [-0.3, -0.25) is 0 Å². The molecule has 5 atom stereocenters. The van der Waals surface area contributed by atoms with Crippen LogP contribution in [0.25, 0.3) is 0 Å². The van der Waals surface area contributed by atoms with Gasteiger partial charge in [0.2, 0.25) is 0 Å². The Morgan fingerprint density at radius 3 is 2.74 bits per heavy atom. The number of hydrogen-bond acceptors (Lipinski definition) is 2. The van der Waals surface area contributed by atoms with Crippen LogP contribution >= 0.6 is 0 Å². The Kier molecular flexibility index (Phi) is 4.73. The summed E-state index contributed by atoms with van der Waals surface area (Å²) in [4.78, 5) is 0. The molecule has 19 heavy (non-hydrogen) atoms. The van der Waals surface area contributed by atoms with Crippen LogP contribution < -0.4 is 0 Å². The summed E-state index contributed by atoms with van der Waals surface area (Å²) in [5.41, 5.74) is 1.43. The zero-order valence-electron chi connectivity index (χ0n) is 13.0. The predicted octanol–water partition coefficient (Wildman–Crippen LogP) is 3.79. The second-order valence-electron chi connectivity index (χ2n) is 6.75. The van der Waals surface area contributed by atoms with Crippen LogP contribution in [0.5, 0.6) is 0 Å². The topological polar surface area (TPSA) is 29.5 Å². The summed E-state index contributed by atoms with van der Waals surface area (Å²) in [6.45, 7) is 10.0. The third-order valence-corrected chi connectivity index (χ3v) is 5.74. The van der Waals surface area contributed by atoms with Crippen LogP contribution in [0, 0.1) is 23.2 Å². The number of fused-ring (bicyclic) bond motifs is 2. The monoisotopic (exact) mass is 266 g/mol. The molecular weight excluding hydrogens is 236 g/mol. The van der Waals surface area contributed by atoms with Gasteiger partial charge in [0.05, 0.1) is 19.3 Å². The van der Waals surface area contributed by atoms with Gasteiger partial charge in [0.1, 0.15) is 0 Å². The highest BCUT2D eigenvalue weighted by Crippen LogP contribution is 2.52. The average molecular weight is 266 g/mol. The molecule has 1 aliphatic heterocycles. The molecule has 0 radical (unpaired) electrons. The fourth-order valence-corrected chi connectivity index (χ4v) is 4.27. The van der Waals surface area contributed by atoms with Crippen LogP contribution in [0.1, 0.15) is 53.4 Å². The van der Waals surface area contributed by atoms with Crippen molar-refractivity contribution in [3.63, 3.8) is 0 Å². The molecule has 0 spiro atoms. The molecular formula is C17H30O2. The molecule has 0 unspecified atom stereocenters. The maximum atomic E-state index is 9.91. The Morgan fingerprint density at radius 1 is 1.37 bits per heavy atom. The van der Waals surface area contributed by atoms with E-state index >= 15 is 0 Å². The standard InChI is InChI=1S/C17H30O2/c1-5-6-7-8-15-16-12(2)9-13(3)17(10-18,11-19-15)14(16)4/h9,13-16,18H,5-8,10-11H2,1-4H3/t13-,14+,15+,16+,17+/m1/s1. The number of aliphatic hydroxyl groups is 1. The van der Waals surface area contributed by atoms with Gasteiger partial charge in [-0.25, -0.2) is 0 Å². The van der Waals surface area contributed by atoms with Gasteiger partial charge >= 0.3 is 0 Å². The summed E-state index contributed by atoms with van der Waals surface area (Å²) in [5, 5.41) is 9.91. The van der Waals surface area contributed by atoms with E-state index in [1.165, 1.54) is 31.3 Å². The first-order valence-corrected chi connectivity index (χ1v) is 7.97. The summed E-state index contributed by atoms with van der Waals surface area (Å²) in [6.07, 6.45) is 7.74. The minimum absolute atomic E-state index is 0.0502. The molecule has 1 fully saturated rings. The molecule has 0 amide bonds. The summed E-state index contributed by atoms with van der Waals surface area (Å²) >= 11 is 0. The zero-order chi connectivity index (χ0) is 14.0. The Balaban J connectivity index is 2.17. The smallest absolute Gasteiger partial charge is 0.0643 e. The van der Waals surface area contributed by atoms with E-state index in [-0.39, 0.29) is 12.0 Å². The number of hydrogen-bond donors (Lipinski definition) is 1. The molecule has 2 nitrogen and oxygen atoms in total. The van der Waals surface area contributed by atoms with E-state index in [0.29, 0.717) is 23.9 Å². The maximum Gasteiger partial charge on any atom is 0.0643 e. The molecule has 0 aromatic carbocycles. The van der Waals surface area contributed by atoms with Gasteiger partial charge < -0.3 is 9.84 Å². The van der Waals surface area contributed by atoms with Crippen LogP contribution in [-0.2, 0) is 4.74 Å². The van der Waals surface area contributed by atoms with Gasteiger partial charge in [-0.15, -0.1) is 0 Å². The molecule has 0 aromatic heterocycles. The van der Waals surface area contributed by atoms with Crippen molar-refractivity contribution in [2.24, 2.45) is 23.2 Å². The fraction of sp³-hybridized carbons (Fsp3) is 0.882. The number of unbranched alkanes of at least 4 members (excludes halogenated alkanes) is 2. The van der Waals surface area contributed by atoms with Crippen molar-refractivity contribution >= 4 is 0 Å². The highest BCUT2D eigenvalue weighted by atomic mass is 16.5. The number of allylic oxidation sites excluding steroid dienone is 1. The second-order valence-corrected chi connectivity index (χ2v) is 6.75. The third kappa shape index (κ3) is 2.50. The Labute approximate surface area is 118 Å². The van der Waals surface area contributed by atoms with Gasteiger partial charge in [0.25, 0.3) is 0 Å². The van der Waals surface area contributed by atoms with Crippen LogP contribution in [0.2, 0.25) is 0 Å². The summed E-state index contributed by atoms with van der Waals surface area (Å²) in [7, 11) is 0. The molecule has 0 saturated carbocycles. The number of aliphatic hydroxyl groups excluding tert-OH is 1. The lowest BCUT2D eigenvalue weighted by molar-refractivity contribution is -0.164. The highest BCUT2D eigenvalue weighted by molar-refractivity contribution is 5.20. The van der Waals surface area contributed by atoms with Gasteiger partial charge in [-0.2, -0.15) is 0 Å². The first kappa shape index (κ1) is 15.1. The predicted molar refractivity (Wildman–Crippen MR) is 79.0 cm³/mol. The van der Waals surface area contributed by atoms with Gasteiger partial charge in [0.15, 0.2) is 0 Å². The molecule has 2 bridgehead atoms. The van der Waals surface area contributed by atoms with Crippen molar-refractivity contribution in [2.75, 3.05) is 13.2 Å². The van der Waals surface area contributed by atoms with E-state index in [1.54, 1.807) is 0 Å². The van der Waals surface area contributed by atoms with E-state index in [2.05, 4.69) is 33.8 Å². The number of ether oxygens (including phenoxy) is 1. The molecule has 1 saturated heterocycles. The molecule has 2 rings (SSSR count). The first-order valence-electron chi connectivity index (χ1n) is 7.97. The van der Waals surface area contributed by atoms with Crippen LogP contribution in [0.4, 0.5) is 0 Å². The first-order chi connectivity index (χ1) is 9.06. The van der Waals surface area contributed by atoms with E-state index in [4.69, 9.17) is 4.74 Å². The third-order valence-electron chi connectivity index (χ3n) is 5.74. The lowest BCUT2D eigenvalue weighted by Gasteiger charge is -2.55. The van der Waals surface area contributed by atoms with Crippen molar-refractivity contribution in [1.82, 2.24) is 0 Å². The maximum absolute atomic E-state index is 9.91. The van der Waals surface area contributed by atoms with Crippen molar-refractivity contribution in [3.05, 3.63) is 11.6 Å². The zero-order valence-corrected chi connectivity index (χ0v) is 13.0.